The van der Waals surface area contributed by atoms with Gasteiger partial charge in [-0.25, -0.2) is 9.78 Å². The summed E-state index contributed by atoms with van der Waals surface area (Å²) in [4.78, 5) is 31.5. The molecule has 0 aromatic carbocycles. The van der Waals surface area contributed by atoms with Gasteiger partial charge in [-0.2, -0.15) is 0 Å². The number of nitrogens with zero attached hydrogens (tertiary/aromatic N) is 3. The number of hydrogen-bond acceptors (Lipinski definition) is 7. The Morgan fingerprint density at radius 3 is 2.88 bits per heavy atom. The molecule has 34 heavy (non-hydrogen) atoms. The monoisotopic (exact) mass is 473 g/mol. The van der Waals surface area contributed by atoms with Crippen molar-refractivity contribution in [3.05, 3.63) is 30.1 Å². The SMILES string of the molecule is COC[C@H]1CO[C@@H](C(=O)N(C2CC2)[C@H](C)c2cn(CCCNC(=O)OC)c3ncccc23)CN1. The van der Waals surface area contributed by atoms with E-state index in [1.165, 1.54) is 7.11 Å². The molecule has 1 aliphatic carbocycles. The summed E-state index contributed by atoms with van der Waals surface area (Å²) in [5.74, 6) is 0.0328. The fourth-order valence-electron chi connectivity index (χ4n) is 4.61. The molecule has 2 aromatic rings. The lowest BCUT2D eigenvalue weighted by molar-refractivity contribution is -0.150. The average molecular weight is 474 g/mol. The normalized spacial score (nSPS) is 21.3. The molecule has 0 radical (unpaired) electrons. The Bertz CT molecular complexity index is 983. The number of carbonyl (C=O) groups excluding carboxylic acids is 2. The van der Waals surface area contributed by atoms with Gasteiger partial charge in [0.15, 0.2) is 0 Å². The maximum absolute atomic E-state index is 13.6. The van der Waals surface area contributed by atoms with E-state index < -0.39 is 12.2 Å². The molecule has 0 bridgehead atoms. The van der Waals surface area contributed by atoms with Crippen molar-refractivity contribution in [1.29, 1.82) is 0 Å². The summed E-state index contributed by atoms with van der Waals surface area (Å²) in [7, 11) is 3.02. The summed E-state index contributed by atoms with van der Waals surface area (Å²) < 4.78 is 17.9. The number of aromatic nitrogens is 2. The van der Waals surface area contributed by atoms with Crippen molar-refractivity contribution in [2.45, 2.75) is 57.0 Å². The Morgan fingerprint density at radius 2 is 2.21 bits per heavy atom. The molecule has 0 spiro atoms. The molecule has 4 rings (SSSR count). The van der Waals surface area contributed by atoms with Gasteiger partial charge in [-0.3, -0.25) is 4.79 Å². The van der Waals surface area contributed by atoms with E-state index in [0.29, 0.717) is 32.8 Å². The van der Waals surface area contributed by atoms with Gasteiger partial charge in [-0.15, -0.1) is 0 Å². The fraction of sp³-hybridized carbons (Fsp3) is 0.625. The number of amides is 2. The Morgan fingerprint density at radius 1 is 1.38 bits per heavy atom. The third-order valence-corrected chi connectivity index (χ3v) is 6.49. The van der Waals surface area contributed by atoms with Gasteiger partial charge in [0.1, 0.15) is 11.8 Å². The van der Waals surface area contributed by atoms with Crippen LogP contribution in [0.15, 0.2) is 24.5 Å². The summed E-state index contributed by atoms with van der Waals surface area (Å²) in [6, 6.07) is 4.22. The second-order valence-electron chi connectivity index (χ2n) is 8.96. The van der Waals surface area contributed by atoms with E-state index in [1.807, 2.05) is 11.0 Å². The van der Waals surface area contributed by atoms with Gasteiger partial charge in [0.05, 0.1) is 32.4 Å². The van der Waals surface area contributed by atoms with Crippen LogP contribution in [0.5, 0.6) is 0 Å². The third kappa shape index (κ3) is 5.51. The van der Waals surface area contributed by atoms with Crippen molar-refractivity contribution in [2.24, 2.45) is 0 Å². The number of alkyl carbamates (subject to hydrolysis) is 1. The van der Waals surface area contributed by atoms with Crippen molar-refractivity contribution >= 4 is 23.0 Å². The van der Waals surface area contributed by atoms with Gasteiger partial charge >= 0.3 is 6.09 Å². The van der Waals surface area contributed by atoms with Crippen LogP contribution in [-0.4, -0.2) is 85.2 Å². The maximum atomic E-state index is 13.6. The first-order valence-electron chi connectivity index (χ1n) is 11.9. The van der Waals surface area contributed by atoms with E-state index in [-0.39, 0.29) is 24.0 Å². The number of fused-ring (bicyclic) bond motifs is 1. The van der Waals surface area contributed by atoms with E-state index in [2.05, 4.69) is 44.1 Å². The average Bonchev–Trinajstić information content (AvgIpc) is 3.62. The summed E-state index contributed by atoms with van der Waals surface area (Å²) >= 11 is 0. The molecule has 2 aromatic heterocycles. The highest BCUT2D eigenvalue weighted by Gasteiger charge is 2.41. The number of carbonyl (C=O) groups is 2. The molecule has 1 saturated heterocycles. The largest absolute Gasteiger partial charge is 0.453 e. The number of morpholine rings is 1. The Kier molecular flexibility index (Phi) is 8.02. The number of rotatable bonds is 10. The Balaban J connectivity index is 1.49. The van der Waals surface area contributed by atoms with E-state index in [9.17, 15) is 9.59 Å². The first-order valence-corrected chi connectivity index (χ1v) is 11.9. The summed E-state index contributed by atoms with van der Waals surface area (Å²) in [6.45, 7) is 4.79. The molecule has 1 aliphatic heterocycles. The molecule has 1 saturated carbocycles. The van der Waals surface area contributed by atoms with Crippen LogP contribution in [0.25, 0.3) is 11.0 Å². The number of hydrogen-bond donors (Lipinski definition) is 2. The van der Waals surface area contributed by atoms with Crippen molar-refractivity contribution < 1.29 is 23.8 Å². The van der Waals surface area contributed by atoms with E-state index >= 15 is 0 Å². The predicted molar refractivity (Wildman–Crippen MR) is 126 cm³/mol. The van der Waals surface area contributed by atoms with Crippen LogP contribution in [0.2, 0.25) is 0 Å². The summed E-state index contributed by atoms with van der Waals surface area (Å²) in [6.07, 6.45) is 5.71. The van der Waals surface area contributed by atoms with Crippen LogP contribution in [0.3, 0.4) is 0 Å². The summed E-state index contributed by atoms with van der Waals surface area (Å²) in [5.41, 5.74) is 1.95. The molecule has 2 amide bonds. The van der Waals surface area contributed by atoms with Crippen molar-refractivity contribution in [1.82, 2.24) is 25.1 Å². The highest BCUT2D eigenvalue weighted by Crippen LogP contribution is 2.38. The minimum Gasteiger partial charge on any atom is -0.453 e. The zero-order chi connectivity index (χ0) is 24.1. The molecule has 186 valence electrons. The number of aryl methyl sites for hydroxylation is 1. The van der Waals surface area contributed by atoms with Crippen molar-refractivity contribution in [2.75, 3.05) is 40.5 Å². The van der Waals surface area contributed by atoms with E-state index in [4.69, 9.17) is 9.47 Å². The van der Waals surface area contributed by atoms with Crippen LogP contribution in [-0.2, 0) is 25.5 Å². The number of pyridine rings is 1. The van der Waals surface area contributed by atoms with Gasteiger partial charge < -0.3 is 34.3 Å². The number of methoxy groups -OCH3 is 2. The topological polar surface area (TPSA) is 107 Å². The predicted octanol–water partition coefficient (Wildman–Crippen LogP) is 1.84. The molecule has 10 nitrogen and oxygen atoms in total. The number of nitrogens with one attached hydrogen (secondary N) is 2. The summed E-state index contributed by atoms with van der Waals surface area (Å²) in [5, 5.41) is 7.12. The van der Waals surface area contributed by atoms with Crippen molar-refractivity contribution in [3.63, 3.8) is 0 Å². The second kappa shape index (κ2) is 11.2. The molecule has 3 heterocycles. The quantitative estimate of drug-likeness (QED) is 0.507. The van der Waals surface area contributed by atoms with Crippen LogP contribution < -0.4 is 10.6 Å². The van der Waals surface area contributed by atoms with Crippen LogP contribution in [0.4, 0.5) is 4.79 Å². The first-order chi connectivity index (χ1) is 16.5. The Hall–Kier alpha value is -2.69. The van der Waals surface area contributed by atoms with E-state index in [0.717, 1.165) is 35.9 Å². The molecule has 2 aliphatic rings. The molecule has 10 heteroatoms. The zero-order valence-electron chi connectivity index (χ0n) is 20.2. The fourth-order valence-corrected chi connectivity index (χ4v) is 4.61. The van der Waals surface area contributed by atoms with Gasteiger partial charge in [-0.1, -0.05) is 0 Å². The van der Waals surface area contributed by atoms with Crippen LogP contribution in [0.1, 0.15) is 37.8 Å². The van der Waals surface area contributed by atoms with Crippen LogP contribution in [0, 0.1) is 0 Å². The molecule has 2 N–H and O–H groups in total. The minimum absolute atomic E-state index is 0.0328. The minimum atomic E-state index is -0.493. The highest BCUT2D eigenvalue weighted by molar-refractivity contribution is 5.85. The standard InChI is InChI=1S/C24H35N5O5/c1-16(29(18-7-8-18)23(30)21-12-27-17(14-32-2)15-34-21)20-13-28(11-5-10-26-24(31)33-3)22-19(20)6-4-9-25-22/h4,6,9,13,16-18,21,27H,5,7-8,10-12,14-15H2,1-3H3,(H,26,31)/t16-,17+,21-/m1/s1. The lowest BCUT2D eigenvalue weighted by Gasteiger charge is -2.36. The Labute approximate surface area is 199 Å². The van der Waals surface area contributed by atoms with Gasteiger partial charge in [-0.05, 0) is 38.3 Å². The van der Waals surface area contributed by atoms with E-state index in [1.54, 1.807) is 13.3 Å². The van der Waals surface area contributed by atoms with Gasteiger partial charge in [0.2, 0.25) is 0 Å². The molecule has 0 unspecified atom stereocenters. The highest BCUT2D eigenvalue weighted by atomic mass is 16.5. The first kappa shape index (κ1) is 24.4. The lowest BCUT2D eigenvalue weighted by Crippen LogP contribution is -2.55. The third-order valence-electron chi connectivity index (χ3n) is 6.49. The lowest BCUT2D eigenvalue weighted by atomic mass is 10.1. The number of ether oxygens (including phenoxy) is 3. The smallest absolute Gasteiger partial charge is 0.406 e. The van der Waals surface area contributed by atoms with Crippen LogP contribution >= 0.6 is 0 Å². The molecule has 2 fully saturated rings. The van der Waals surface area contributed by atoms with Crippen molar-refractivity contribution in [3.8, 4) is 0 Å². The molecular formula is C24H35N5O5. The molecular weight excluding hydrogens is 438 g/mol. The molecule has 3 atom stereocenters. The second-order valence-corrected chi connectivity index (χ2v) is 8.96. The van der Waals surface area contributed by atoms with Gasteiger partial charge in [0, 0.05) is 56.1 Å². The maximum Gasteiger partial charge on any atom is 0.406 e. The zero-order valence-corrected chi connectivity index (χ0v) is 20.2. The van der Waals surface area contributed by atoms with Gasteiger partial charge in [0.25, 0.3) is 5.91 Å².